The van der Waals surface area contributed by atoms with E-state index in [-0.39, 0.29) is 24.3 Å². The molecule has 0 bridgehead atoms. The quantitative estimate of drug-likeness (QED) is 0.510. The molecule has 1 aromatic heterocycles. The molecule has 0 radical (unpaired) electrons. The van der Waals surface area contributed by atoms with Crippen LogP contribution in [0.3, 0.4) is 0 Å². The Morgan fingerprint density at radius 3 is 2.63 bits per heavy atom. The predicted octanol–water partition coefficient (Wildman–Crippen LogP) is 4.88. The van der Waals surface area contributed by atoms with Crippen LogP contribution in [0.1, 0.15) is 41.8 Å². The second-order valence-corrected chi connectivity index (χ2v) is 10.8. The molecule has 1 aliphatic carbocycles. The highest BCUT2D eigenvalue weighted by molar-refractivity contribution is 7.15. The van der Waals surface area contributed by atoms with E-state index in [0.717, 1.165) is 58.0 Å². The Bertz CT molecular complexity index is 1250. The maximum absolute atomic E-state index is 11.8. The molecule has 6 rings (SSSR count). The first-order chi connectivity index (χ1) is 17.0. The van der Waals surface area contributed by atoms with E-state index in [4.69, 9.17) is 26.1 Å². The lowest BCUT2D eigenvalue weighted by Crippen LogP contribution is -2.49. The first-order valence-electron chi connectivity index (χ1n) is 11.9. The number of halogens is 1. The van der Waals surface area contributed by atoms with Gasteiger partial charge in [0, 0.05) is 49.2 Å². The van der Waals surface area contributed by atoms with Crippen LogP contribution in [0.4, 0.5) is 5.13 Å². The molecule has 3 heterocycles. The Morgan fingerprint density at radius 2 is 1.89 bits per heavy atom. The number of piperazine rings is 1. The van der Waals surface area contributed by atoms with Crippen molar-refractivity contribution < 1.29 is 14.3 Å². The van der Waals surface area contributed by atoms with Gasteiger partial charge in [0.05, 0.1) is 11.6 Å². The molecule has 3 aliphatic rings. The third-order valence-corrected chi connectivity index (χ3v) is 8.45. The zero-order valence-electron chi connectivity index (χ0n) is 19.5. The van der Waals surface area contributed by atoms with Gasteiger partial charge in [0.1, 0.15) is 0 Å². The van der Waals surface area contributed by atoms with Gasteiger partial charge in [0.15, 0.2) is 16.6 Å². The molecule has 3 aromatic rings. The SMILES string of the molecule is CC(=O)N1CCN(C(c2cnc(NC3(c4ccc5c(c4)OCO5)CC3)s2)c2ccccc2Cl)CC1. The third kappa shape index (κ3) is 4.35. The number of nitrogens with one attached hydrogen (secondary N) is 1. The number of rotatable bonds is 6. The summed E-state index contributed by atoms with van der Waals surface area (Å²) in [7, 11) is 0. The van der Waals surface area contributed by atoms with Crippen LogP contribution in [0.25, 0.3) is 0 Å². The number of fused-ring (bicyclic) bond motifs is 1. The molecule has 1 N–H and O–H groups in total. The summed E-state index contributed by atoms with van der Waals surface area (Å²) in [6, 6.07) is 14.2. The number of ether oxygens (including phenoxy) is 2. The molecule has 1 atom stereocenters. The van der Waals surface area contributed by atoms with Gasteiger partial charge in [0.25, 0.3) is 0 Å². The molecule has 1 saturated heterocycles. The average Bonchev–Trinajstić information content (AvgIpc) is 3.26. The normalized spacial score (nSPS) is 19.4. The summed E-state index contributed by atoms with van der Waals surface area (Å²) in [5, 5.41) is 5.35. The Balaban J connectivity index is 1.26. The Hall–Kier alpha value is -2.81. The summed E-state index contributed by atoms with van der Waals surface area (Å²) in [4.78, 5) is 22.1. The lowest BCUT2D eigenvalue weighted by molar-refractivity contribution is -0.130. The Labute approximate surface area is 213 Å². The number of thiazole rings is 1. The molecule has 2 aromatic carbocycles. The van der Waals surface area contributed by atoms with Crippen LogP contribution >= 0.6 is 22.9 Å². The second-order valence-electron chi connectivity index (χ2n) is 9.31. The number of carbonyl (C=O) groups excluding carboxylic acids is 1. The number of aromatic nitrogens is 1. The monoisotopic (exact) mass is 510 g/mol. The van der Waals surface area contributed by atoms with Crippen LogP contribution in [0.2, 0.25) is 5.02 Å². The molecule has 1 unspecified atom stereocenters. The van der Waals surface area contributed by atoms with Gasteiger partial charge < -0.3 is 19.7 Å². The molecule has 35 heavy (non-hydrogen) atoms. The van der Waals surface area contributed by atoms with Crippen LogP contribution in [0.15, 0.2) is 48.7 Å². The molecule has 7 nitrogen and oxygen atoms in total. The fourth-order valence-electron chi connectivity index (χ4n) is 5.00. The van der Waals surface area contributed by atoms with Gasteiger partial charge >= 0.3 is 0 Å². The second kappa shape index (κ2) is 9.00. The molecule has 182 valence electrons. The lowest BCUT2D eigenvalue weighted by Gasteiger charge is -2.39. The maximum atomic E-state index is 11.8. The van der Waals surface area contributed by atoms with Crippen LogP contribution in [-0.4, -0.2) is 53.7 Å². The number of anilines is 1. The van der Waals surface area contributed by atoms with Gasteiger partial charge in [-0.2, -0.15) is 0 Å². The zero-order valence-corrected chi connectivity index (χ0v) is 21.1. The van der Waals surface area contributed by atoms with Gasteiger partial charge in [-0.1, -0.05) is 35.9 Å². The van der Waals surface area contributed by atoms with E-state index < -0.39 is 0 Å². The van der Waals surface area contributed by atoms with Gasteiger partial charge in [-0.15, -0.1) is 11.3 Å². The number of carbonyl (C=O) groups is 1. The average molecular weight is 511 g/mol. The number of amides is 1. The highest BCUT2D eigenvalue weighted by atomic mass is 35.5. The molecule has 9 heteroatoms. The van der Waals surface area contributed by atoms with Crippen molar-refractivity contribution in [3.63, 3.8) is 0 Å². The summed E-state index contributed by atoms with van der Waals surface area (Å²) < 4.78 is 11.1. The van der Waals surface area contributed by atoms with Gasteiger partial charge in [-0.05, 0) is 42.2 Å². The minimum Gasteiger partial charge on any atom is -0.454 e. The van der Waals surface area contributed by atoms with E-state index in [2.05, 4.69) is 28.4 Å². The largest absolute Gasteiger partial charge is 0.454 e. The summed E-state index contributed by atoms with van der Waals surface area (Å²) in [5.74, 6) is 1.73. The van der Waals surface area contributed by atoms with Crippen molar-refractivity contribution in [3.05, 3.63) is 69.7 Å². The molecule has 1 saturated carbocycles. The topological polar surface area (TPSA) is 66.9 Å². The van der Waals surface area contributed by atoms with Crippen molar-refractivity contribution >= 4 is 34.0 Å². The summed E-state index contributed by atoms with van der Waals surface area (Å²) in [6.07, 6.45) is 4.05. The first kappa shape index (κ1) is 22.6. The zero-order chi connectivity index (χ0) is 24.0. The minimum atomic E-state index is -0.122. The van der Waals surface area contributed by atoms with Crippen molar-refractivity contribution in [2.24, 2.45) is 0 Å². The maximum Gasteiger partial charge on any atom is 0.231 e. The number of hydrogen-bond acceptors (Lipinski definition) is 7. The third-order valence-electron chi connectivity index (χ3n) is 7.14. The standard InChI is InChI=1S/C26H27ClN4O3S/c1-17(32)30-10-12-31(13-11-30)24(19-4-2-3-5-20(19)27)23-15-28-25(35-23)29-26(8-9-26)18-6-7-21-22(14-18)34-16-33-21/h2-7,14-15,24H,8-13,16H2,1H3,(H,28,29). The van der Waals surface area contributed by atoms with E-state index in [9.17, 15) is 4.79 Å². The fraction of sp³-hybridized carbons (Fsp3) is 0.385. The number of hydrogen-bond donors (Lipinski definition) is 1. The molecule has 2 fully saturated rings. The highest BCUT2D eigenvalue weighted by Gasteiger charge is 2.46. The van der Waals surface area contributed by atoms with Gasteiger partial charge in [0.2, 0.25) is 12.7 Å². The van der Waals surface area contributed by atoms with Gasteiger partial charge in [-0.3, -0.25) is 9.69 Å². The van der Waals surface area contributed by atoms with Crippen LogP contribution in [0.5, 0.6) is 11.5 Å². The van der Waals surface area contributed by atoms with Crippen molar-refractivity contribution in [2.75, 3.05) is 38.3 Å². The summed E-state index contributed by atoms with van der Waals surface area (Å²) >= 11 is 8.35. The fourth-order valence-corrected chi connectivity index (χ4v) is 6.31. The van der Waals surface area contributed by atoms with Crippen molar-refractivity contribution in [1.29, 1.82) is 0 Å². The van der Waals surface area contributed by atoms with E-state index in [1.807, 2.05) is 35.4 Å². The van der Waals surface area contributed by atoms with Crippen molar-refractivity contribution in [3.8, 4) is 11.5 Å². The summed E-state index contributed by atoms with van der Waals surface area (Å²) in [6.45, 7) is 4.92. The molecular formula is C26H27ClN4O3S. The number of nitrogens with zero attached hydrogens (tertiary/aromatic N) is 3. The molecule has 1 amide bonds. The lowest BCUT2D eigenvalue weighted by atomic mass is 10.0. The Kier molecular flexibility index (Phi) is 5.82. The van der Waals surface area contributed by atoms with Crippen molar-refractivity contribution in [2.45, 2.75) is 31.3 Å². The predicted molar refractivity (Wildman–Crippen MR) is 136 cm³/mol. The van der Waals surface area contributed by atoms with Crippen LogP contribution in [-0.2, 0) is 10.3 Å². The van der Waals surface area contributed by atoms with E-state index >= 15 is 0 Å². The first-order valence-corrected chi connectivity index (χ1v) is 13.1. The Morgan fingerprint density at radius 1 is 1.11 bits per heavy atom. The molecule has 0 spiro atoms. The summed E-state index contributed by atoms with van der Waals surface area (Å²) in [5.41, 5.74) is 2.14. The highest BCUT2D eigenvalue weighted by Crippen LogP contribution is 2.51. The van der Waals surface area contributed by atoms with Crippen molar-refractivity contribution in [1.82, 2.24) is 14.8 Å². The number of benzene rings is 2. The van der Waals surface area contributed by atoms with E-state index in [1.165, 1.54) is 5.56 Å². The van der Waals surface area contributed by atoms with E-state index in [0.29, 0.717) is 13.1 Å². The van der Waals surface area contributed by atoms with Gasteiger partial charge in [-0.25, -0.2) is 4.98 Å². The molecular weight excluding hydrogens is 484 g/mol. The van der Waals surface area contributed by atoms with Crippen LogP contribution < -0.4 is 14.8 Å². The van der Waals surface area contributed by atoms with E-state index in [1.54, 1.807) is 18.3 Å². The smallest absolute Gasteiger partial charge is 0.231 e. The minimum absolute atomic E-state index is 0.00782. The van der Waals surface area contributed by atoms with Crippen LogP contribution in [0, 0.1) is 0 Å². The molecule has 2 aliphatic heterocycles.